The average Bonchev–Trinajstić information content (AvgIpc) is 2.79. The van der Waals surface area contributed by atoms with Crippen LogP contribution in [0.2, 0.25) is 5.15 Å². The van der Waals surface area contributed by atoms with Crippen molar-refractivity contribution in [2.45, 2.75) is 64.2 Å². The number of anilines is 1. The lowest BCUT2D eigenvalue weighted by atomic mass is 9.78. The van der Waals surface area contributed by atoms with E-state index in [4.69, 9.17) is 11.6 Å². The predicted octanol–water partition coefficient (Wildman–Crippen LogP) is 3.68. The van der Waals surface area contributed by atoms with Gasteiger partial charge in [0.05, 0.1) is 12.0 Å². The third kappa shape index (κ3) is 4.14. The number of nitrogens with one attached hydrogen (secondary N) is 1. The van der Waals surface area contributed by atoms with Crippen molar-refractivity contribution >= 4 is 34.6 Å². The number of carbonyl (C=O) groups excluding carboxylic acids is 1. The van der Waals surface area contributed by atoms with E-state index in [1.54, 1.807) is 4.57 Å². The summed E-state index contributed by atoms with van der Waals surface area (Å²) < 4.78 is 31.3. The van der Waals surface area contributed by atoms with Crippen LogP contribution in [0.25, 0.3) is 11.2 Å². The van der Waals surface area contributed by atoms with Crippen molar-refractivity contribution in [1.82, 2.24) is 14.5 Å². The number of nitrogens with zero attached hydrogens (tertiary/aromatic N) is 3. The van der Waals surface area contributed by atoms with Gasteiger partial charge in [-0.25, -0.2) is 9.97 Å². The molecule has 0 saturated heterocycles. The standard InChI is InChI=1S/C17H21ClF2N4O3/c1-16(2,26)8-11(25)22-15-21-9-7-10(27-14(19)20)12(18)23-13(9)24(15)17(3)5-4-6-17/h7,14,26H,4-6,8H2,1-3H3,(H,21,22,25). The van der Waals surface area contributed by atoms with Crippen molar-refractivity contribution < 1.29 is 23.4 Å². The average molecular weight is 403 g/mol. The maximum atomic E-state index is 12.6. The number of pyridine rings is 1. The van der Waals surface area contributed by atoms with Gasteiger partial charge in [0.2, 0.25) is 11.9 Å². The Kier molecular flexibility index (Phi) is 5.02. The Morgan fingerprint density at radius 3 is 2.67 bits per heavy atom. The highest BCUT2D eigenvalue weighted by Gasteiger charge is 2.38. The lowest BCUT2D eigenvalue weighted by Crippen LogP contribution is -2.39. The summed E-state index contributed by atoms with van der Waals surface area (Å²) >= 11 is 6.00. The Hall–Kier alpha value is -2.00. The van der Waals surface area contributed by atoms with Crippen LogP contribution in [0.3, 0.4) is 0 Å². The number of alkyl halides is 2. The molecule has 148 valence electrons. The maximum absolute atomic E-state index is 12.6. The quantitative estimate of drug-likeness (QED) is 0.719. The number of rotatable bonds is 6. The molecule has 1 amide bonds. The first-order valence-electron chi connectivity index (χ1n) is 8.55. The van der Waals surface area contributed by atoms with E-state index >= 15 is 0 Å². The number of aliphatic hydroxyl groups is 1. The van der Waals surface area contributed by atoms with Crippen molar-refractivity contribution in [1.29, 1.82) is 0 Å². The zero-order chi connectivity index (χ0) is 20.0. The van der Waals surface area contributed by atoms with Gasteiger partial charge >= 0.3 is 6.61 Å². The lowest BCUT2D eigenvalue weighted by molar-refractivity contribution is -0.119. The molecule has 2 aromatic rings. The predicted molar refractivity (Wildman–Crippen MR) is 96.2 cm³/mol. The van der Waals surface area contributed by atoms with E-state index in [1.165, 1.54) is 19.9 Å². The zero-order valence-electron chi connectivity index (χ0n) is 15.2. The van der Waals surface area contributed by atoms with Gasteiger partial charge in [0, 0.05) is 11.6 Å². The van der Waals surface area contributed by atoms with Crippen LogP contribution < -0.4 is 10.1 Å². The fourth-order valence-electron chi connectivity index (χ4n) is 3.21. The summed E-state index contributed by atoms with van der Waals surface area (Å²) in [5.41, 5.74) is -0.849. The second-order valence-corrected chi connectivity index (χ2v) is 8.02. The molecule has 0 radical (unpaired) electrons. The second kappa shape index (κ2) is 6.87. The molecule has 1 fully saturated rings. The molecule has 0 aliphatic heterocycles. The van der Waals surface area contributed by atoms with Crippen LogP contribution in [0, 0.1) is 0 Å². The van der Waals surface area contributed by atoms with Gasteiger partial charge in [-0.2, -0.15) is 8.78 Å². The molecule has 0 bridgehead atoms. The van der Waals surface area contributed by atoms with E-state index in [1.807, 2.05) is 6.92 Å². The van der Waals surface area contributed by atoms with Gasteiger partial charge in [-0.3, -0.25) is 14.7 Å². The van der Waals surface area contributed by atoms with Crippen molar-refractivity contribution in [2.24, 2.45) is 0 Å². The van der Waals surface area contributed by atoms with Crippen molar-refractivity contribution in [3.05, 3.63) is 11.2 Å². The molecule has 2 N–H and O–H groups in total. The first-order valence-corrected chi connectivity index (χ1v) is 8.93. The number of aromatic nitrogens is 3. The van der Waals surface area contributed by atoms with Gasteiger partial charge in [-0.05, 0) is 40.0 Å². The minimum atomic E-state index is -3.04. The maximum Gasteiger partial charge on any atom is 0.387 e. The molecule has 1 aliphatic carbocycles. The van der Waals surface area contributed by atoms with E-state index < -0.39 is 18.1 Å². The van der Waals surface area contributed by atoms with Crippen LogP contribution in [-0.2, 0) is 10.3 Å². The summed E-state index contributed by atoms with van der Waals surface area (Å²) in [5, 5.41) is 12.3. The summed E-state index contributed by atoms with van der Waals surface area (Å²) in [7, 11) is 0. The van der Waals surface area contributed by atoms with Crippen LogP contribution in [0.5, 0.6) is 5.75 Å². The number of ether oxygens (including phenoxy) is 1. The van der Waals surface area contributed by atoms with Gasteiger partial charge in [-0.15, -0.1) is 0 Å². The molecule has 7 nitrogen and oxygen atoms in total. The van der Waals surface area contributed by atoms with Crippen LogP contribution in [0.15, 0.2) is 6.07 Å². The lowest BCUT2D eigenvalue weighted by Gasteiger charge is -2.40. The number of carbonyl (C=O) groups is 1. The molecule has 1 saturated carbocycles. The van der Waals surface area contributed by atoms with Gasteiger partial charge in [0.15, 0.2) is 16.5 Å². The van der Waals surface area contributed by atoms with E-state index in [0.717, 1.165) is 19.3 Å². The first kappa shape index (κ1) is 19.8. The fourth-order valence-corrected chi connectivity index (χ4v) is 3.39. The van der Waals surface area contributed by atoms with Crippen LogP contribution in [0.4, 0.5) is 14.7 Å². The van der Waals surface area contributed by atoms with E-state index in [-0.39, 0.29) is 34.3 Å². The summed E-state index contributed by atoms with van der Waals surface area (Å²) in [4.78, 5) is 20.8. The minimum Gasteiger partial charge on any atom is -0.431 e. The molecule has 2 aromatic heterocycles. The third-order valence-corrected chi connectivity index (χ3v) is 4.86. The number of hydrogen-bond acceptors (Lipinski definition) is 5. The Balaban J connectivity index is 2.06. The molecule has 10 heteroatoms. The third-order valence-electron chi connectivity index (χ3n) is 4.59. The Morgan fingerprint density at radius 2 is 2.15 bits per heavy atom. The van der Waals surface area contributed by atoms with Crippen molar-refractivity contribution in [3.63, 3.8) is 0 Å². The van der Waals surface area contributed by atoms with Crippen molar-refractivity contribution in [2.75, 3.05) is 5.32 Å². The minimum absolute atomic E-state index is 0.124. The molecule has 0 unspecified atom stereocenters. The molecule has 1 aliphatic rings. The Labute approximate surface area is 159 Å². The van der Waals surface area contributed by atoms with Crippen molar-refractivity contribution in [3.8, 4) is 5.75 Å². The van der Waals surface area contributed by atoms with Gasteiger partial charge in [0.1, 0.15) is 5.52 Å². The molecular weight excluding hydrogens is 382 g/mol. The van der Waals surface area contributed by atoms with E-state index in [2.05, 4.69) is 20.0 Å². The summed E-state index contributed by atoms with van der Waals surface area (Å²) in [6.07, 6.45) is 2.58. The molecular formula is C17H21ClF2N4O3. The Morgan fingerprint density at radius 1 is 1.48 bits per heavy atom. The number of fused-ring (bicyclic) bond motifs is 1. The highest BCUT2D eigenvalue weighted by atomic mass is 35.5. The molecule has 2 heterocycles. The monoisotopic (exact) mass is 402 g/mol. The topological polar surface area (TPSA) is 89.3 Å². The second-order valence-electron chi connectivity index (χ2n) is 7.66. The summed E-state index contributed by atoms with van der Waals surface area (Å²) in [5.74, 6) is -0.465. The molecule has 3 rings (SSSR count). The highest BCUT2D eigenvalue weighted by Crippen LogP contribution is 2.43. The number of imidazole rings is 1. The smallest absolute Gasteiger partial charge is 0.387 e. The normalized spacial score (nSPS) is 16.4. The van der Waals surface area contributed by atoms with Crippen LogP contribution in [0.1, 0.15) is 46.5 Å². The fraction of sp³-hybridized carbons (Fsp3) is 0.588. The van der Waals surface area contributed by atoms with Crippen LogP contribution >= 0.6 is 11.6 Å². The summed E-state index contributed by atoms with van der Waals surface area (Å²) in [6.45, 7) is 2.01. The number of halogens is 3. The molecule has 0 aromatic carbocycles. The number of hydrogen-bond donors (Lipinski definition) is 2. The first-order chi connectivity index (χ1) is 12.5. The molecule has 0 spiro atoms. The van der Waals surface area contributed by atoms with Gasteiger partial charge in [0.25, 0.3) is 0 Å². The van der Waals surface area contributed by atoms with E-state index in [0.29, 0.717) is 5.65 Å². The summed E-state index contributed by atoms with van der Waals surface area (Å²) in [6, 6.07) is 1.28. The largest absolute Gasteiger partial charge is 0.431 e. The zero-order valence-corrected chi connectivity index (χ0v) is 16.0. The molecule has 27 heavy (non-hydrogen) atoms. The van der Waals surface area contributed by atoms with E-state index in [9.17, 15) is 18.7 Å². The highest BCUT2D eigenvalue weighted by molar-refractivity contribution is 6.31. The molecule has 0 atom stereocenters. The van der Waals surface area contributed by atoms with Gasteiger partial charge in [-0.1, -0.05) is 11.6 Å². The SMILES string of the molecule is CC(C)(O)CC(=O)Nc1nc2cc(OC(F)F)c(Cl)nc2n1C1(C)CCC1. The Bertz CT molecular complexity index is 875. The number of amides is 1. The van der Waals surface area contributed by atoms with Crippen LogP contribution in [-0.4, -0.2) is 37.8 Å². The van der Waals surface area contributed by atoms with Gasteiger partial charge < -0.3 is 9.84 Å².